The maximum Gasteiger partial charge on any atom is 0.270 e. The molecule has 3 rings (SSSR count). The number of nitrogens with zero attached hydrogens (tertiary/aromatic N) is 1. The predicted molar refractivity (Wildman–Crippen MR) is 108 cm³/mol. The van der Waals surface area contributed by atoms with Gasteiger partial charge in [0.05, 0.1) is 0 Å². The second kappa shape index (κ2) is 9.53. The molecule has 2 aromatic carbocycles. The van der Waals surface area contributed by atoms with Crippen molar-refractivity contribution in [2.45, 2.75) is 19.3 Å². The Balaban J connectivity index is 1.79. The van der Waals surface area contributed by atoms with Gasteiger partial charge in [0.15, 0.2) is 0 Å². The maximum absolute atomic E-state index is 12.9. The van der Waals surface area contributed by atoms with Crippen LogP contribution in [-0.2, 0) is 4.79 Å². The number of piperidine rings is 1. The number of allylic oxidation sites excluding steroid dienone is 2. The third kappa shape index (κ3) is 5.42. The van der Waals surface area contributed by atoms with E-state index >= 15 is 0 Å². The van der Waals surface area contributed by atoms with Crippen molar-refractivity contribution in [3.05, 3.63) is 89.6 Å². The van der Waals surface area contributed by atoms with Gasteiger partial charge in [-0.1, -0.05) is 60.7 Å². The number of carbonyl (C=O) groups excluding carboxylic acids is 2. The van der Waals surface area contributed by atoms with Gasteiger partial charge in [-0.15, -0.1) is 0 Å². The van der Waals surface area contributed by atoms with E-state index in [0.29, 0.717) is 11.3 Å². The number of benzene rings is 2. The number of likely N-dealkylation sites (tertiary alicyclic amines) is 1. The first-order valence-corrected chi connectivity index (χ1v) is 9.33. The first-order valence-electron chi connectivity index (χ1n) is 9.33. The highest BCUT2D eigenvalue weighted by atomic mass is 16.2. The molecule has 138 valence electrons. The molecule has 2 amide bonds. The molecule has 1 heterocycles. The number of hydrogen-bond acceptors (Lipinski definition) is 2. The second-order valence-electron chi connectivity index (χ2n) is 6.52. The maximum atomic E-state index is 12.9. The minimum Gasteiger partial charge on any atom is -0.337 e. The molecule has 0 radical (unpaired) electrons. The van der Waals surface area contributed by atoms with Crippen molar-refractivity contribution < 1.29 is 9.59 Å². The zero-order chi connectivity index (χ0) is 18.9. The number of hydrogen-bond donors (Lipinski definition) is 1. The van der Waals surface area contributed by atoms with Crippen molar-refractivity contribution in [1.82, 2.24) is 10.2 Å². The highest BCUT2D eigenvalue weighted by Gasteiger charge is 2.21. The average molecular weight is 360 g/mol. The van der Waals surface area contributed by atoms with Crippen molar-refractivity contribution in [3.63, 3.8) is 0 Å². The standard InChI is InChI=1S/C23H24N2O2/c26-22(20-14-6-2-7-15-20)24-21(23(27)25-17-8-3-9-18-25)16-10-13-19-11-4-1-5-12-19/h1-2,4-7,10-16H,3,8-9,17-18H2,(H,24,26)/b13-10+,21-16-. The van der Waals surface area contributed by atoms with Crippen LogP contribution in [0.5, 0.6) is 0 Å². The van der Waals surface area contributed by atoms with Crippen molar-refractivity contribution in [2.24, 2.45) is 0 Å². The molecule has 0 aromatic heterocycles. The van der Waals surface area contributed by atoms with Crippen LogP contribution in [0.1, 0.15) is 35.2 Å². The summed E-state index contributed by atoms with van der Waals surface area (Å²) in [6.07, 6.45) is 8.56. The first-order chi connectivity index (χ1) is 13.2. The van der Waals surface area contributed by atoms with E-state index in [1.165, 1.54) is 0 Å². The van der Waals surface area contributed by atoms with Gasteiger partial charge in [0.2, 0.25) is 0 Å². The molecule has 4 nitrogen and oxygen atoms in total. The molecule has 4 heteroatoms. The molecule has 0 unspecified atom stereocenters. The molecule has 0 atom stereocenters. The van der Waals surface area contributed by atoms with E-state index in [0.717, 1.165) is 37.9 Å². The smallest absolute Gasteiger partial charge is 0.270 e. The average Bonchev–Trinajstić information content (AvgIpc) is 2.74. The topological polar surface area (TPSA) is 49.4 Å². The third-order valence-corrected chi connectivity index (χ3v) is 4.51. The summed E-state index contributed by atoms with van der Waals surface area (Å²) in [6.45, 7) is 1.47. The Morgan fingerprint density at radius 2 is 1.48 bits per heavy atom. The summed E-state index contributed by atoms with van der Waals surface area (Å²) in [7, 11) is 0. The molecule has 1 N–H and O–H groups in total. The molecule has 0 saturated carbocycles. The lowest BCUT2D eigenvalue weighted by Gasteiger charge is -2.27. The highest BCUT2D eigenvalue weighted by molar-refractivity contribution is 6.03. The van der Waals surface area contributed by atoms with Crippen LogP contribution in [0.2, 0.25) is 0 Å². The van der Waals surface area contributed by atoms with Crippen LogP contribution < -0.4 is 5.32 Å². The zero-order valence-electron chi connectivity index (χ0n) is 15.3. The SMILES string of the molecule is O=C(N/C(=C\C=C\c1ccccc1)C(=O)N1CCCCC1)c1ccccc1. The Bertz CT molecular complexity index is 820. The lowest BCUT2D eigenvalue weighted by atomic mass is 10.1. The molecule has 1 aliphatic rings. The van der Waals surface area contributed by atoms with E-state index in [1.807, 2.05) is 47.4 Å². The van der Waals surface area contributed by atoms with E-state index < -0.39 is 0 Å². The van der Waals surface area contributed by atoms with Crippen LogP contribution in [0.25, 0.3) is 6.08 Å². The second-order valence-corrected chi connectivity index (χ2v) is 6.52. The van der Waals surface area contributed by atoms with Crippen LogP contribution >= 0.6 is 0 Å². The van der Waals surface area contributed by atoms with Gasteiger partial charge < -0.3 is 10.2 Å². The normalized spacial score (nSPS) is 15.0. The van der Waals surface area contributed by atoms with Gasteiger partial charge >= 0.3 is 0 Å². The fraction of sp³-hybridized carbons (Fsp3) is 0.217. The molecule has 0 bridgehead atoms. The zero-order valence-corrected chi connectivity index (χ0v) is 15.3. The minimum absolute atomic E-state index is 0.128. The van der Waals surface area contributed by atoms with Crippen LogP contribution in [0.4, 0.5) is 0 Å². The molecule has 2 aromatic rings. The number of nitrogens with one attached hydrogen (secondary N) is 1. The van der Waals surface area contributed by atoms with Crippen molar-refractivity contribution >= 4 is 17.9 Å². The van der Waals surface area contributed by atoms with Gasteiger partial charge in [-0.2, -0.15) is 0 Å². The van der Waals surface area contributed by atoms with Crippen molar-refractivity contribution in [2.75, 3.05) is 13.1 Å². The van der Waals surface area contributed by atoms with Crippen LogP contribution in [0, 0.1) is 0 Å². The van der Waals surface area contributed by atoms with Crippen molar-refractivity contribution in [1.29, 1.82) is 0 Å². The van der Waals surface area contributed by atoms with Gasteiger partial charge in [0, 0.05) is 18.7 Å². The quantitative estimate of drug-likeness (QED) is 0.647. The van der Waals surface area contributed by atoms with E-state index in [4.69, 9.17) is 0 Å². The number of carbonyl (C=O) groups is 2. The Morgan fingerprint density at radius 3 is 2.15 bits per heavy atom. The largest absolute Gasteiger partial charge is 0.337 e. The molecular formula is C23H24N2O2. The first kappa shape index (κ1) is 18.6. The number of rotatable bonds is 5. The molecule has 1 fully saturated rings. The van der Waals surface area contributed by atoms with Gasteiger partial charge in [-0.3, -0.25) is 9.59 Å². The molecule has 1 aliphatic heterocycles. The Labute approximate surface area is 160 Å². The van der Waals surface area contributed by atoms with Crippen LogP contribution in [0.15, 0.2) is 78.5 Å². The van der Waals surface area contributed by atoms with Gasteiger partial charge in [-0.05, 0) is 43.0 Å². The summed E-state index contributed by atoms with van der Waals surface area (Å²) >= 11 is 0. The fourth-order valence-corrected chi connectivity index (χ4v) is 3.04. The Hall–Kier alpha value is -3.14. The molecule has 0 spiro atoms. The summed E-state index contributed by atoms with van der Waals surface area (Å²) in [4.78, 5) is 27.3. The van der Waals surface area contributed by atoms with E-state index in [9.17, 15) is 9.59 Å². The van der Waals surface area contributed by atoms with Gasteiger partial charge in [0.25, 0.3) is 11.8 Å². The van der Waals surface area contributed by atoms with Gasteiger partial charge in [-0.25, -0.2) is 0 Å². The van der Waals surface area contributed by atoms with Crippen molar-refractivity contribution in [3.8, 4) is 0 Å². The summed E-state index contributed by atoms with van der Waals surface area (Å²) in [5.41, 5.74) is 1.87. The summed E-state index contributed by atoms with van der Waals surface area (Å²) < 4.78 is 0. The van der Waals surface area contributed by atoms with Gasteiger partial charge in [0.1, 0.15) is 5.70 Å². The summed E-state index contributed by atoms with van der Waals surface area (Å²) in [5, 5.41) is 2.80. The lowest BCUT2D eigenvalue weighted by Crippen LogP contribution is -2.41. The molecule has 1 saturated heterocycles. The monoisotopic (exact) mass is 360 g/mol. The lowest BCUT2D eigenvalue weighted by molar-refractivity contribution is -0.128. The molecular weight excluding hydrogens is 336 g/mol. The van der Waals surface area contributed by atoms with E-state index in [1.54, 1.807) is 36.4 Å². The molecule has 27 heavy (non-hydrogen) atoms. The Kier molecular flexibility index (Phi) is 6.58. The highest BCUT2D eigenvalue weighted by Crippen LogP contribution is 2.12. The predicted octanol–water partition coefficient (Wildman–Crippen LogP) is 4.03. The fourth-order valence-electron chi connectivity index (χ4n) is 3.04. The molecule has 0 aliphatic carbocycles. The minimum atomic E-state index is -0.277. The number of amides is 2. The van der Waals surface area contributed by atoms with Crippen LogP contribution in [-0.4, -0.2) is 29.8 Å². The summed E-state index contributed by atoms with van der Waals surface area (Å²) in [6, 6.07) is 18.8. The van der Waals surface area contributed by atoms with E-state index in [2.05, 4.69) is 5.32 Å². The Morgan fingerprint density at radius 1 is 0.852 bits per heavy atom. The third-order valence-electron chi connectivity index (χ3n) is 4.51. The summed E-state index contributed by atoms with van der Waals surface area (Å²) in [5.74, 6) is -0.406. The van der Waals surface area contributed by atoms with Crippen LogP contribution in [0.3, 0.4) is 0 Å². The van der Waals surface area contributed by atoms with E-state index in [-0.39, 0.29) is 11.8 Å².